The second-order valence-corrected chi connectivity index (χ2v) is 7.25. The lowest BCUT2D eigenvalue weighted by atomic mass is 9.78. The summed E-state index contributed by atoms with van der Waals surface area (Å²) in [6, 6.07) is 3.99. The SMILES string of the molecule is OC(Cc1ccncc1)C1CCOC2(CCSCC2)C1. The van der Waals surface area contributed by atoms with Gasteiger partial charge in [0.2, 0.25) is 0 Å². The number of aromatic nitrogens is 1. The van der Waals surface area contributed by atoms with Crippen LogP contribution in [-0.4, -0.2) is 39.9 Å². The van der Waals surface area contributed by atoms with Gasteiger partial charge in [-0.1, -0.05) is 0 Å². The van der Waals surface area contributed by atoms with Gasteiger partial charge in [-0.05, 0) is 67.2 Å². The Kier molecular flexibility index (Phi) is 4.64. The van der Waals surface area contributed by atoms with Gasteiger partial charge >= 0.3 is 0 Å². The van der Waals surface area contributed by atoms with Crippen LogP contribution in [0.25, 0.3) is 0 Å². The molecule has 4 heteroatoms. The molecule has 2 aliphatic heterocycles. The molecule has 3 rings (SSSR count). The molecular weight excluding hydrogens is 270 g/mol. The van der Waals surface area contributed by atoms with Gasteiger partial charge in [0.05, 0.1) is 11.7 Å². The first-order valence-corrected chi connectivity index (χ1v) is 8.72. The zero-order valence-corrected chi connectivity index (χ0v) is 12.6. The van der Waals surface area contributed by atoms with Crippen molar-refractivity contribution in [3.63, 3.8) is 0 Å². The summed E-state index contributed by atoms with van der Waals surface area (Å²) in [6.45, 7) is 0.808. The molecule has 2 atom stereocenters. The molecule has 110 valence electrons. The Bertz CT molecular complexity index is 414. The van der Waals surface area contributed by atoms with E-state index in [1.54, 1.807) is 12.4 Å². The van der Waals surface area contributed by atoms with Crippen molar-refractivity contribution in [1.29, 1.82) is 0 Å². The van der Waals surface area contributed by atoms with Gasteiger partial charge in [0.1, 0.15) is 0 Å². The zero-order chi connectivity index (χ0) is 13.8. The van der Waals surface area contributed by atoms with Gasteiger partial charge in [-0.15, -0.1) is 0 Å². The summed E-state index contributed by atoms with van der Waals surface area (Å²) in [5.41, 5.74) is 1.24. The number of hydrogen-bond acceptors (Lipinski definition) is 4. The van der Waals surface area contributed by atoms with E-state index < -0.39 is 0 Å². The fourth-order valence-corrected chi connectivity index (χ4v) is 4.65. The number of ether oxygens (including phenoxy) is 1. The lowest BCUT2D eigenvalue weighted by molar-refractivity contribution is -0.120. The molecule has 0 aliphatic carbocycles. The standard InChI is InChI=1S/C16H23NO2S/c18-15(11-13-1-6-17-7-2-13)14-3-8-19-16(12-14)4-9-20-10-5-16/h1-2,6-7,14-15,18H,3-5,8-12H2. The molecule has 3 heterocycles. The molecule has 1 aromatic rings. The Balaban J connectivity index is 1.61. The Morgan fingerprint density at radius 3 is 2.85 bits per heavy atom. The van der Waals surface area contributed by atoms with Crippen molar-refractivity contribution in [2.75, 3.05) is 18.1 Å². The van der Waals surface area contributed by atoms with Crippen LogP contribution in [0.3, 0.4) is 0 Å². The molecule has 1 aromatic heterocycles. The van der Waals surface area contributed by atoms with Crippen molar-refractivity contribution in [1.82, 2.24) is 4.98 Å². The van der Waals surface area contributed by atoms with Gasteiger partial charge in [0.15, 0.2) is 0 Å². The summed E-state index contributed by atoms with van der Waals surface area (Å²) < 4.78 is 6.10. The molecule has 1 spiro atoms. The maximum absolute atomic E-state index is 10.6. The molecule has 2 aliphatic rings. The Morgan fingerprint density at radius 1 is 1.35 bits per heavy atom. The number of aliphatic hydroxyl groups is 1. The molecule has 0 saturated carbocycles. The number of pyridine rings is 1. The normalized spacial score (nSPS) is 27.4. The third-order valence-electron chi connectivity index (χ3n) is 4.67. The average Bonchev–Trinajstić information content (AvgIpc) is 2.49. The van der Waals surface area contributed by atoms with Gasteiger partial charge < -0.3 is 9.84 Å². The lowest BCUT2D eigenvalue weighted by Crippen LogP contribution is -2.45. The minimum atomic E-state index is -0.257. The van der Waals surface area contributed by atoms with Crippen LogP contribution in [0.2, 0.25) is 0 Å². The second-order valence-electron chi connectivity index (χ2n) is 6.02. The van der Waals surface area contributed by atoms with E-state index in [1.165, 1.54) is 17.1 Å². The van der Waals surface area contributed by atoms with Crippen molar-refractivity contribution in [3.05, 3.63) is 30.1 Å². The number of thioether (sulfide) groups is 1. The summed E-state index contributed by atoms with van der Waals surface area (Å²) in [5.74, 6) is 2.78. The van der Waals surface area contributed by atoms with Crippen LogP contribution < -0.4 is 0 Å². The van der Waals surface area contributed by atoms with Gasteiger partial charge in [-0.2, -0.15) is 11.8 Å². The van der Waals surface area contributed by atoms with Crippen LogP contribution in [0.4, 0.5) is 0 Å². The topological polar surface area (TPSA) is 42.4 Å². The third kappa shape index (κ3) is 3.35. The van der Waals surface area contributed by atoms with E-state index in [9.17, 15) is 5.11 Å². The Morgan fingerprint density at radius 2 is 2.10 bits per heavy atom. The summed E-state index contributed by atoms with van der Waals surface area (Å²) in [4.78, 5) is 4.03. The van der Waals surface area contributed by atoms with E-state index in [0.717, 1.165) is 38.7 Å². The van der Waals surface area contributed by atoms with Gasteiger partial charge in [-0.25, -0.2) is 0 Å². The van der Waals surface area contributed by atoms with Crippen LogP contribution in [0, 0.1) is 5.92 Å². The van der Waals surface area contributed by atoms with Crippen LogP contribution in [0.1, 0.15) is 31.2 Å². The minimum Gasteiger partial charge on any atom is -0.392 e. The highest BCUT2D eigenvalue weighted by Crippen LogP contribution is 2.41. The molecule has 2 unspecified atom stereocenters. The first-order chi connectivity index (χ1) is 9.77. The molecule has 2 fully saturated rings. The van der Waals surface area contributed by atoms with E-state index in [-0.39, 0.29) is 11.7 Å². The number of nitrogens with zero attached hydrogens (tertiary/aromatic N) is 1. The van der Waals surface area contributed by atoms with Gasteiger partial charge in [-0.3, -0.25) is 4.98 Å². The van der Waals surface area contributed by atoms with Crippen LogP contribution in [-0.2, 0) is 11.2 Å². The Hall–Kier alpha value is -0.580. The Labute approximate surface area is 125 Å². The molecule has 0 radical (unpaired) electrons. The molecule has 0 aromatic carbocycles. The molecule has 3 nitrogen and oxygen atoms in total. The number of rotatable bonds is 3. The minimum absolute atomic E-state index is 0.0629. The molecule has 0 bridgehead atoms. The first kappa shape index (κ1) is 14.4. The van der Waals surface area contributed by atoms with E-state index in [0.29, 0.717) is 5.92 Å². The van der Waals surface area contributed by atoms with E-state index in [1.807, 2.05) is 23.9 Å². The molecule has 20 heavy (non-hydrogen) atoms. The van der Waals surface area contributed by atoms with E-state index >= 15 is 0 Å². The molecule has 1 N–H and O–H groups in total. The smallest absolute Gasteiger partial charge is 0.0701 e. The highest BCUT2D eigenvalue weighted by molar-refractivity contribution is 7.99. The maximum atomic E-state index is 10.6. The van der Waals surface area contributed by atoms with Crippen molar-refractivity contribution in [3.8, 4) is 0 Å². The van der Waals surface area contributed by atoms with Crippen LogP contribution >= 0.6 is 11.8 Å². The number of hydrogen-bond donors (Lipinski definition) is 1. The van der Waals surface area contributed by atoms with Crippen LogP contribution in [0.5, 0.6) is 0 Å². The summed E-state index contributed by atoms with van der Waals surface area (Å²) >= 11 is 2.03. The summed E-state index contributed by atoms with van der Waals surface area (Å²) in [5, 5.41) is 10.6. The van der Waals surface area contributed by atoms with Gasteiger partial charge in [0.25, 0.3) is 0 Å². The summed E-state index contributed by atoms with van der Waals surface area (Å²) in [6.07, 6.45) is 8.39. The second kappa shape index (κ2) is 6.46. The lowest BCUT2D eigenvalue weighted by Gasteiger charge is -2.44. The van der Waals surface area contributed by atoms with Crippen molar-refractivity contribution in [2.45, 2.75) is 43.8 Å². The first-order valence-electron chi connectivity index (χ1n) is 7.56. The van der Waals surface area contributed by atoms with Crippen molar-refractivity contribution in [2.24, 2.45) is 5.92 Å². The highest BCUT2D eigenvalue weighted by Gasteiger charge is 2.40. The quantitative estimate of drug-likeness (QED) is 0.930. The highest BCUT2D eigenvalue weighted by atomic mass is 32.2. The van der Waals surface area contributed by atoms with Crippen molar-refractivity contribution >= 4 is 11.8 Å². The monoisotopic (exact) mass is 293 g/mol. The molecular formula is C16H23NO2S. The fourth-order valence-electron chi connectivity index (χ4n) is 3.41. The third-order valence-corrected chi connectivity index (χ3v) is 5.66. The average molecular weight is 293 g/mol. The zero-order valence-electron chi connectivity index (χ0n) is 11.8. The number of aliphatic hydroxyl groups excluding tert-OH is 1. The predicted octanol–water partition coefficient (Wildman–Crippen LogP) is 2.68. The predicted molar refractivity (Wildman–Crippen MR) is 81.9 cm³/mol. The summed E-state index contributed by atoms with van der Waals surface area (Å²) in [7, 11) is 0. The molecule has 0 amide bonds. The fraction of sp³-hybridized carbons (Fsp3) is 0.688. The van der Waals surface area contributed by atoms with Gasteiger partial charge in [0, 0.05) is 19.0 Å². The van der Waals surface area contributed by atoms with E-state index in [4.69, 9.17) is 4.74 Å². The van der Waals surface area contributed by atoms with Crippen LogP contribution in [0.15, 0.2) is 24.5 Å². The molecule has 2 saturated heterocycles. The van der Waals surface area contributed by atoms with Crippen molar-refractivity contribution < 1.29 is 9.84 Å². The van der Waals surface area contributed by atoms with E-state index in [2.05, 4.69) is 4.98 Å². The maximum Gasteiger partial charge on any atom is 0.0701 e. The largest absolute Gasteiger partial charge is 0.392 e.